The first-order chi connectivity index (χ1) is 10.5. The SMILES string of the molecule is C[C@@](NC(=O)OCc1ccccc1)(C(=O)O)C1CCCCC1. The van der Waals surface area contributed by atoms with Gasteiger partial charge in [-0.1, -0.05) is 49.6 Å². The van der Waals surface area contributed by atoms with Gasteiger partial charge in [-0.25, -0.2) is 9.59 Å². The number of carbonyl (C=O) groups excluding carboxylic acids is 1. The number of alkyl carbamates (subject to hydrolysis) is 1. The van der Waals surface area contributed by atoms with Crippen LogP contribution in [0.2, 0.25) is 0 Å². The number of carboxylic acids is 1. The molecule has 1 amide bonds. The maximum atomic E-state index is 12.0. The van der Waals surface area contributed by atoms with Gasteiger partial charge >= 0.3 is 12.1 Å². The lowest BCUT2D eigenvalue weighted by Gasteiger charge is -2.36. The molecule has 1 fully saturated rings. The van der Waals surface area contributed by atoms with E-state index < -0.39 is 17.6 Å². The topological polar surface area (TPSA) is 75.6 Å². The van der Waals surface area contributed by atoms with E-state index in [-0.39, 0.29) is 12.5 Å². The molecule has 1 aliphatic carbocycles. The van der Waals surface area contributed by atoms with E-state index in [2.05, 4.69) is 5.32 Å². The van der Waals surface area contributed by atoms with Crippen molar-refractivity contribution in [3.05, 3.63) is 35.9 Å². The molecule has 0 bridgehead atoms. The summed E-state index contributed by atoms with van der Waals surface area (Å²) in [4.78, 5) is 23.6. The standard InChI is InChI=1S/C17H23NO4/c1-17(15(19)20,14-10-6-3-7-11-14)18-16(21)22-12-13-8-4-2-5-9-13/h2,4-5,8-9,14H,3,6-7,10-12H2,1H3,(H,18,21)(H,19,20)/t17-/m0/s1. The number of amides is 1. The maximum absolute atomic E-state index is 12.0. The maximum Gasteiger partial charge on any atom is 0.408 e. The van der Waals surface area contributed by atoms with Crippen molar-refractivity contribution in [3.63, 3.8) is 0 Å². The largest absolute Gasteiger partial charge is 0.480 e. The van der Waals surface area contributed by atoms with Gasteiger partial charge in [0.15, 0.2) is 0 Å². The monoisotopic (exact) mass is 305 g/mol. The number of ether oxygens (including phenoxy) is 1. The Hall–Kier alpha value is -2.04. The molecule has 0 saturated heterocycles. The van der Waals surface area contributed by atoms with Gasteiger partial charge in [-0.05, 0) is 31.2 Å². The zero-order valence-electron chi connectivity index (χ0n) is 12.9. The average molecular weight is 305 g/mol. The molecule has 1 aliphatic rings. The molecular weight excluding hydrogens is 282 g/mol. The van der Waals surface area contributed by atoms with Crippen LogP contribution >= 0.6 is 0 Å². The molecule has 1 saturated carbocycles. The summed E-state index contributed by atoms with van der Waals surface area (Å²) in [7, 11) is 0. The van der Waals surface area contributed by atoms with Gasteiger partial charge in [0.05, 0.1) is 0 Å². The normalized spacial score (nSPS) is 18.2. The second-order valence-electron chi connectivity index (χ2n) is 6.03. The predicted octanol–water partition coefficient (Wildman–Crippen LogP) is 3.34. The second-order valence-corrected chi connectivity index (χ2v) is 6.03. The molecule has 5 nitrogen and oxygen atoms in total. The van der Waals surface area contributed by atoms with Crippen LogP contribution in [0.5, 0.6) is 0 Å². The minimum Gasteiger partial charge on any atom is -0.480 e. The first-order valence-corrected chi connectivity index (χ1v) is 7.74. The summed E-state index contributed by atoms with van der Waals surface area (Å²) in [6.07, 6.45) is 4.11. The summed E-state index contributed by atoms with van der Waals surface area (Å²) in [5.74, 6) is -1.06. The number of benzene rings is 1. The van der Waals surface area contributed by atoms with Crippen molar-refractivity contribution in [2.45, 2.75) is 51.2 Å². The third-order valence-corrected chi connectivity index (χ3v) is 4.44. The minimum atomic E-state index is -1.27. The Morgan fingerprint density at radius 3 is 2.45 bits per heavy atom. The van der Waals surface area contributed by atoms with Crippen LogP contribution in [0.25, 0.3) is 0 Å². The first-order valence-electron chi connectivity index (χ1n) is 7.74. The number of hydrogen-bond acceptors (Lipinski definition) is 3. The lowest BCUT2D eigenvalue weighted by Crippen LogP contribution is -2.57. The van der Waals surface area contributed by atoms with Crippen molar-refractivity contribution < 1.29 is 19.4 Å². The van der Waals surface area contributed by atoms with Crippen LogP contribution in [0.15, 0.2) is 30.3 Å². The fraction of sp³-hybridized carbons (Fsp3) is 0.529. The van der Waals surface area contributed by atoms with Gasteiger partial charge in [-0.15, -0.1) is 0 Å². The zero-order chi connectivity index (χ0) is 16.0. The highest BCUT2D eigenvalue weighted by Gasteiger charge is 2.43. The van der Waals surface area contributed by atoms with Crippen molar-refractivity contribution in [3.8, 4) is 0 Å². The molecule has 1 atom stereocenters. The smallest absolute Gasteiger partial charge is 0.408 e. The second kappa shape index (κ2) is 7.29. The van der Waals surface area contributed by atoms with E-state index in [1.807, 2.05) is 30.3 Å². The number of hydrogen-bond donors (Lipinski definition) is 2. The molecule has 120 valence electrons. The quantitative estimate of drug-likeness (QED) is 0.875. The molecule has 0 unspecified atom stereocenters. The molecule has 0 radical (unpaired) electrons. The highest BCUT2D eigenvalue weighted by atomic mass is 16.5. The molecule has 1 aromatic rings. The van der Waals surface area contributed by atoms with Crippen molar-refractivity contribution in [1.29, 1.82) is 0 Å². The molecule has 5 heteroatoms. The van der Waals surface area contributed by atoms with Crippen molar-refractivity contribution in [1.82, 2.24) is 5.32 Å². The van der Waals surface area contributed by atoms with Crippen LogP contribution in [0.1, 0.15) is 44.6 Å². The number of aliphatic carboxylic acids is 1. The minimum absolute atomic E-state index is 0.0528. The van der Waals surface area contributed by atoms with E-state index in [1.165, 1.54) is 0 Å². The first kappa shape index (κ1) is 16.3. The Bertz CT molecular complexity index is 511. The van der Waals surface area contributed by atoms with E-state index in [0.29, 0.717) is 0 Å². The summed E-state index contributed by atoms with van der Waals surface area (Å²) in [5.41, 5.74) is -0.402. The number of carbonyl (C=O) groups is 2. The molecule has 2 rings (SSSR count). The Kier molecular flexibility index (Phi) is 5.41. The highest BCUT2D eigenvalue weighted by molar-refractivity contribution is 5.84. The molecule has 0 aliphatic heterocycles. The lowest BCUT2D eigenvalue weighted by atomic mass is 9.75. The molecule has 0 spiro atoms. The van der Waals surface area contributed by atoms with Crippen LogP contribution in [0.4, 0.5) is 4.79 Å². The zero-order valence-corrected chi connectivity index (χ0v) is 12.9. The van der Waals surface area contributed by atoms with Crippen molar-refractivity contribution >= 4 is 12.1 Å². The van der Waals surface area contributed by atoms with E-state index in [0.717, 1.165) is 37.7 Å². The van der Waals surface area contributed by atoms with E-state index >= 15 is 0 Å². The predicted molar refractivity (Wildman–Crippen MR) is 82.4 cm³/mol. The number of nitrogens with one attached hydrogen (secondary N) is 1. The summed E-state index contributed by atoms with van der Waals surface area (Å²) >= 11 is 0. The third kappa shape index (κ3) is 4.00. The highest BCUT2D eigenvalue weighted by Crippen LogP contribution is 2.33. The van der Waals surface area contributed by atoms with Gasteiger partial charge in [0.1, 0.15) is 12.1 Å². The fourth-order valence-electron chi connectivity index (χ4n) is 2.98. The van der Waals surface area contributed by atoms with Crippen molar-refractivity contribution in [2.24, 2.45) is 5.92 Å². The Morgan fingerprint density at radius 1 is 1.23 bits per heavy atom. The number of rotatable bonds is 5. The van der Waals surface area contributed by atoms with Gasteiger partial charge in [0.25, 0.3) is 0 Å². The molecular formula is C17H23NO4. The van der Waals surface area contributed by atoms with E-state index in [9.17, 15) is 14.7 Å². The summed E-state index contributed by atoms with van der Waals surface area (Å²) in [6, 6.07) is 9.31. The Labute approximate surface area is 130 Å². The van der Waals surface area contributed by atoms with Crippen LogP contribution in [-0.2, 0) is 16.1 Å². The molecule has 0 heterocycles. The van der Waals surface area contributed by atoms with Gasteiger partial charge in [-0.3, -0.25) is 0 Å². The molecule has 0 aromatic heterocycles. The summed E-state index contributed by atoms with van der Waals surface area (Å²) < 4.78 is 5.15. The van der Waals surface area contributed by atoms with Crippen LogP contribution in [-0.4, -0.2) is 22.7 Å². The van der Waals surface area contributed by atoms with Gasteiger partial charge in [-0.2, -0.15) is 0 Å². The van der Waals surface area contributed by atoms with Crippen molar-refractivity contribution in [2.75, 3.05) is 0 Å². The fourth-order valence-corrected chi connectivity index (χ4v) is 2.98. The van der Waals surface area contributed by atoms with Crippen LogP contribution in [0.3, 0.4) is 0 Å². The molecule has 2 N–H and O–H groups in total. The van der Waals surface area contributed by atoms with Crippen LogP contribution in [0, 0.1) is 5.92 Å². The molecule has 1 aromatic carbocycles. The Morgan fingerprint density at radius 2 is 1.86 bits per heavy atom. The average Bonchev–Trinajstić information content (AvgIpc) is 2.54. The van der Waals surface area contributed by atoms with Gasteiger partial charge < -0.3 is 15.2 Å². The van der Waals surface area contributed by atoms with Crippen LogP contribution < -0.4 is 5.32 Å². The third-order valence-electron chi connectivity index (χ3n) is 4.44. The Balaban J connectivity index is 1.95. The van der Waals surface area contributed by atoms with Gasteiger partial charge in [0, 0.05) is 0 Å². The van der Waals surface area contributed by atoms with Gasteiger partial charge in [0.2, 0.25) is 0 Å². The lowest BCUT2D eigenvalue weighted by molar-refractivity contribution is -0.147. The number of carboxylic acid groups (broad SMARTS) is 1. The summed E-state index contributed by atoms with van der Waals surface area (Å²) in [6.45, 7) is 1.71. The summed E-state index contributed by atoms with van der Waals surface area (Å²) in [5, 5.41) is 12.1. The van der Waals surface area contributed by atoms with E-state index in [1.54, 1.807) is 6.92 Å². The van der Waals surface area contributed by atoms with E-state index in [4.69, 9.17) is 4.74 Å². The molecule has 22 heavy (non-hydrogen) atoms.